The third-order valence-corrected chi connectivity index (χ3v) is 5.97. The van der Waals surface area contributed by atoms with Crippen molar-refractivity contribution in [1.82, 2.24) is 14.8 Å². The zero-order valence-electron chi connectivity index (χ0n) is 18.2. The van der Waals surface area contributed by atoms with Crippen LogP contribution in [0.5, 0.6) is 5.75 Å². The lowest BCUT2D eigenvalue weighted by Gasteiger charge is -2.26. The van der Waals surface area contributed by atoms with Crippen molar-refractivity contribution in [2.45, 2.75) is 31.9 Å². The average molecular weight is 428 g/mol. The van der Waals surface area contributed by atoms with Crippen molar-refractivity contribution in [1.29, 1.82) is 0 Å². The number of nitrogens with zero attached hydrogens (tertiary/aromatic N) is 2. The maximum Gasteiger partial charge on any atom is 0.267 e. The molecule has 2 aromatic rings. The summed E-state index contributed by atoms with van der Waals surface area (Å²) < 4.78 is 19.3. The first-order chi connectivity index (χ1) is 15.3. The molecule has 0 spiro atoms. The second-order valence-corrected chi connectivity index (χ2v) is 8.13. The number of aromatic nitrogens is 1. The van der Waals surface area contributed by atoms with Crippen molar-refractivity contribution >= 4 is 16.8 Å². The van der Waals surface area contributed by atoms with E-state index in [1.807, 2.05) is 24.3 Å². The Kier molecular flexibility index (Phi) is 7.61. The third-order valence-electron chi connectivity index (χ3n) is 5.97. The van der Waals surface area contributed by atoms with Crippen LogP contribution in [0.25, 0.3) is 10.9 Å². The largest absolute Gasteiger partial charge is 0.489 e. The van der Waals surface area contributed by atoms with E-state index in [2.05, 4.69) is 21.4 Å². The minimum atomic E-state index is -0.0602. The molecule has 1 N–H and O–H groups in total. The van der Waals surface area contributed by atoms with E-state index in [0.717, 1.165) is 68.9 Å². The van der Waals surface area contributed by atoms with Crippen molar-refractivity contribution in [3.8, 4) is 5.75 Å². The molecule has 2 aliphatic heterocycles. The van der Waals surface area contributed by atoms with E-state index < -0.39 is 0 Å². The zero-order valence-corrected chi connectivity index (χ0v) is 18.2. The maximum atomic E-state index is 13.2. The first-order valence-corrected chi connectivity index (χ1v) is 11.3. The van der Waals surface area contributed by atoms with Crippen LogP contribution in [-0.2, 0) is 16.0 Å². The number of carbonyl (C=O) groups excluding carboxylic acids is 1. The van der Waals surface area contributed by atoms with Crippen LogP contribution in [-0.4, -0.2) is 74.1 Å². The van der Waals surface area contributed by atoms with Gasteiger partial charge < -0.3 is 24.1 Å². The van der Waals surface area contributed by atoms with Gasteiger partial charge in [-0.25, -0.2) is 0 Å². The van der Waals surface area contributed by atoms with Gasteiger partial charge in [0.1, 0.15) is 18.1 Å². The SMILES string of the molecule is C=CCOc1cccc2c1cc(C(=O)NCCN1CCOCC1)n2CC1CCCCO1. The fourth-order valence-electron chi connectivity index (χ4n) is 4.31. The van der Waals surface area contributed by atoms with Crippen molar-refractivity contribution in [2.24, 2.45) is 0 Å². The quantitative estimate of drug-likeness (QED) is 0.624. The number of amides is 1. The summed E-state index contributed by atoms with van der Waals surface area (Å²) in [6.07, 6.45) is 5.15. The highest BCUT2D eigenvalue weighted by Crippen LogP contribution is 2.30. The maximum absolute atomic E-state index is 13.2. The molecular weight excluding hydrogens is 394 g/mol. The molecule has 4 rings (SSSR count). The summed E-state index contributed by atoms with van der Waals surface area (Å²) in [5.74, 6) is 0.706. The number of nitrogens with one attached hydrogen (secondary N) is 1. The van der Waals surface area contributed by atoms with Crippen LogP contribution in [0.2, 0.25) is 0 Å². The Morgan fingerprint density at radius 2 is 2.13 bits per heavy atom. The molecule has 1 unspecified atom stereocenters. The van der Waals surface area contributed by atoms with Crippen LogP contribution >= 0.6 is 0 Å². The number of morpholine rings is 1. The van der Waals surface area contributed by atoms with Gasteiger partial charge in [0.15, 0.2) is 0 Å². The highest BCUT2D eigenvalue weighted by Gasteiger charge is 2.22. The highest BCUT2D eigenvalue weighted by atomic mass is 16.5. The zero-order chi connectivity index (χ0) is 21.5. The molecule has 0 bridgehead atoms. The van der Waals surface area contributed by atoms with E-state index >= 15 is 0 Å². The predicted molar refractivity (Wildman–Crippen MR) is 121 cm³/mol. The van der Waals surface area contributed by atoms with Gasteiger partial charge in [0, 0.05) is 44.7 Å². The van der Waals surface area contributed by atoms with E-state index in [0.29, 0.717) is 25.4 Å². The normalized spacial score (nSPS) is 19.9. The Balaban J connectivity index is 1.54. The van der Waals surface area contributed by atoms with Gasteiger partial charge in [0.25, 0.3) is 5.91 Å². The smallest absolute Gasteiger partial charge is 0.267 e. The summed E-state index contributed by atoms with van der Waals surface area (Å²) in [4.78, 5) is 15.5. The lowest BCUT2D eigenvalue weighted by molar-refractivity contribution is 0.00636. The second kappa shape index (κ2) is 10.8. The lowest BCUT2D eigenvalue weighted by Crippen LogP contribution is -2.41. The Bertz CT molecular complexity index is 882. The summed E-state index contributed by atoms with van der Waals surface area (Å²) in [7, 11) is 0. The summed E-state index contributed by atoms with van der Waals surface area (Å²) >= 11 is 0. The number of fused-ring (bicyclic) bond motifs is 1. The summed E-state index contributed by atoms with van der Waals surface area (Å²) in [5, 5.41) is 4.05. The minimum Gasteiger partial charge on any atom is -0.489 e. The van der Waals surface area contributed by atoms with Gasteiger partial charge in [-0.15, -0.1) is 0 Å². The van der Waals surface area contributed by atoms with E-state index in [4.69, 9.17) is 14.2 Å². The Morgan fingerprint density at radius 3 is 2.90 bits per heavy atom. The number of hydrogen-bond donors (Lipinski definition) is 1. The number of hydrogen-bond acceptors (Lipinski definition) is 5. The van der Waals surface area contributed by atoms with Gasteiger partial charge in [-0.3, -0.25) is 9.69 Å². The lowest BCUT2D eigenvalue weighted by atomic mass is 10.1. The average Bonchev–Trinajstić information content (AvgIpc) is 3.18. The first-order valence-electron chi connectivity index (χ1n) is 11.3. The van der Waals surface area contributed by atoms with Gasteiger partial charge in [0.2, 0.25) is 0 Å². The molecule has 2 fully saturated rings. The summed E-state index contributed by atoms with van der Waals surface area (Å²) in [6.45, 7) is 10.4. The van der Waals surface area contributed by atoms with Crippen molar-refractivity contribution in [3.63, 3.8) is 0 Å². The summed E-state index contributed by atoms with van der Waals surface area (Å²) in [5.41, 5.74) is 1.65. The minimum absolute atomic E-state index is 0.0602. The molecule has 1 amide bonds. The molecule has 1 aromatic carbocycles. The van der Waals surface area contributed by atoms with Crippen molar-refractivity contribution < 1.29 is 19.0 Å². The van der Waals surface area contributed by atoms with Crippen molar-refractivity contribution in [3.05, 3.63) is 42.6 Å². The van der Waals surface area contributed by atoms with Gasteiger partial charge in [-0.1, -0.05) is 18.7 Å². The van der Waals surface area contributed by atoms with Crippen LogP contribution in [0, 0.1) is 0 Å². The van der Waals surface area contributed by atoms with Crippen LogP contribution < -0.4 is 10.1 Å². The summed E-state index contributed by atoms with van der Waals surface area (Å²) in [6, 6.07) is 7.90. The first kappa shape index (κ1) is 21.9. The fourth-order valence-corrected chi connectivity index (χ4v) is 4.31. The molecule has 2 aliphatic rings. The number of carbonyl (C=O) groups is 1. The standard InChI is InChI=1S/C24H33N3O4/c1-2-13-31-23-8-5-7-21-20(23)17-22(27(21)18-19-6-3-4-14-30-19)24(28)25-9-10-26-11-15-29-16-12-26/h2,5,7-8,17,19H,1,3-4,6,9-16,18H2,(H,25,28). The number of rotatable bonds is 9. The molecule has 31 heavy (non-hydrogen) atoms. The molecule has 0 saturated carbocycles. The molecule has 1 aromatic heterocycles. The molecule has 2 saturated heterocycles. The number of benzene rings is 1. The molecule has 0 aliphatic carbocycles. The second-order valence-electron chi connectivity index (χ2n) is 8.13. The molecule has 168 valence electrons. The molecule has 7 heteroatoms. The van der Waals surface area contributed by atoms with Crippen LogP contribution in [0.15, 0.2) is 36.9 Å². The topological polar surface area (TPSA) is 65.0 Å². The molecule has 0 radical (unpaired) electrons. The molecule has 3 heterocycles. The van der Waals surface area contributed by atoms with Gasteiger partial charge in [-0.05, 0) is 37.5 Å². The van der Waals surface area contributed by atoms with Gasteiger partial charge in [-0.2, -0.15) is 0 Å². The predicted octanol–water partition coefficient (Wildman–Crippen LogP) is 2.84. The number of ether oxygens (including phenoxy) is 3. The molecular formula is C24H33N3O4. The van der Waals surface area contributed by atoms with E-state index in [9.17, 15) is 4.79 Å². The van der Waals surface area contributed by atoms with Crippen LogP contribution in [0.4, 0.5) is 0 Å². The Hall–Kier alpha value is -2.35. The Morgan fingerprint density at radius 1 is 1.26 bits per heavy atom. The van der Waals surface area contributed by atoms with Crippen molar-refractivity contribution in [2.75, 3.05) is 52.6 Å². The van der Waals surface area contributed by atoms with Gasteiger partial charge >= 0.3 is 0 Å². The van der Waals surface area contributed by atoms with Gasteiger partial charge in [0.05, 0.1) is 24.8 Å². The Labute approximate surface area is 183 Å². The van der Waals surface area contributed by atoms with Crippen LogP contribution in [0.3, 0.4) is 0 Å². The third kappa shape index (κ3) is 5.47. The van der Waals surface area contributed by atoms with Crippen LogP contribution in [0.1, 0.15) is 29.8 Å². The van der Waals surface area contributed by atoms with E-state index in [1.165, 1.54) is 6.42 Å². The monoisotopic (exact) mass is 427 g/mol. The molecule has 1 atom stereocenters. The van der Waals surface area contributed by atoms with E-state index in [-0.39, 0.29) is 12.0 Å². The fraction of sp³-hybridized carbons (Fsp3) is 0.542. The van der Waals surface area contributed by atoms with E-state index in [1.54, 1.807) is 6.08 Å². The molecule has 7 nitrogen and oxygen atoms in total. The highest BCUT2D eigenvalue weighted by molar-refractivity contribution is 6.00.